The standard InChI is InChI=1S/C16H20BrNO4S/c1-15(2,3)22-14(21)18-9-16(10-18,8-13(19)20)23-12-6-4-11(17)5-7-12/h4-7H,8-10H2,1-3H3,(H,19,20). The van der Waals surface area contributed by atoms with E-state index in [1.807, 2.05) is 45.0 Å². The van der Waals surface area contributed by atoms with Gasteiger partial charge in [0.2, 0.25) is 0 Å². The Balaban J connectivity index is 2.04. The maximum atomic E-state index is 12.1. The fourth-order valence-electron chi connectivity index (χ4n) is 2.35. The normalized spacial score (nSPS) is 16.6. The molecule has 1 aromatic carbocycles. The van der Waals surface area contributed by atoms with Crippen LogP contribution in [0.3, 0.4) is 0 Å². The van der Waals surface area contributed by atoms with Crippen LogP contribution in [-0.4, -0.2) is 45.5 Å². The molecule has 2 rings (SSSR count). The molecule has 1 aromatic rings. The molecule has 0 spiro atoms. The first-order valence-electron chi connectivity index (χ1n) is 7.23. The van der Waals surface area contributed by atoms with Gasteiger partial charge in [0.05, 0.1) is 11.2 Å². The third-order valence-corrected chi connectivity index (χ3v) is 5.10. The number of amides is 1. The summed E-state index contributed by atoms with van der Waals surface area (Å²) < 4.78 is 5.80. The fourth-order valence-corrected chi connectivity index (χ4v) is 4.02. The number of carbonyl (C=O) groups excluding carboxylic acids is 1. The van der Waals surface area contributed by atoms with Crippen LogP contribution in [0.4, 0.5) is 4.79 Å². The summed E-state index contributed by atoms with van der Waals surface area (Å²) in [6.45, 7) is 6.17. The minimum absolute atomic E-state index is 0.00697. The van der Waals surface area contributed by atoms with E-state index in [-0.39, 0.29) is 6.42 Å². The van der Waals surface area contributed by atoms with Crippen molar-refractivity contribution in [3.8, 4) is 0 Å². The molecule has 0 unspecified atom stereocenters. The van der Waals surface area contributed by atoms with Crippen LogP contribution in [0.1, 0.15) is 27.2 Å². The number of hydrogen-bond acceptors (Lipinski definition) is 4. The van der Waals surface area contributed by atoms with Crippen LogP contribution in [0, 0.1) is 0 Å². The molecule has 0 saturated carbocycles. The molecule has 1 amide bonds. The summed E-state index contributed by atoms with van der Waals surface area (Å²) >= 11 is 4.88. The first-order valence-corrected chi connectivity index (χ1v) is 8.84. The van der Waals surface area contributed by atoms with Gasteiger partial charge in [0.25, 0.3) is 0 Å². The van der Waals surface area contributed by atoms with Gasteiger partial charge in [-0.1, -0.05) is 15.9 Å². The van der Waals surface area contributed by atoms with E-state index in [4.69, 9.17) is 4.74 Å². The SMILES string of the molecule is CC(C)(C)OC(=O)N1CC(CC(=O)O)(Sc2ccc(Br)cc2)C1. The van der Waals surface area contributed by atoms with Crippen molar-refractivity contribution in [1.82, 2.24) is 4.90 Å². The summed E-state index contributed by atoms with van der Waals surface area (Å²) in [7, 11) is 0. The number of carbonyl (C=O) groups is 2. The summed E-state index contributed by atoms with van der Waals surface area (Å²) in [5.74, 6) is -0.863. The lowest BCUT2D eigenvalue weighted by molar-refractivity contribution is -0.138. The van der Waals surface area contributed by atoms with Gasteiger partial charge in [-0.25, -0.2) is 4.79 Å². The number of rotatable bonds is 4. The van der Waals surface area contributed by atoms with E-state index in [1.54, 1.807) is 4.90 Å². The second-order valence-electron chi connectivity index (χ2n) is 6.65. The molecule has 1 fully saturated rings. The largest absolute Gasteiger partial charge is 0.481 e. The Morgan fingerprint density at radius 3 is 2.35 bits per heavy atom. The number of benzene rings is 1. The van der Waals surface area contributed by atoms with E-state index in [0.29, 0.717) is 13.1 Å². The van der Waals surface area contributed by atoms with Crippen LogP contribution in [0.5, 0.6) is 0 Å². The highest BCUT2D eigenvalue weighted by molar-refractivity contribution is 9.10. The molecule has 1 saturated heterocycles. The molecule has 0 atom stereocenters. The van der Waals surface area contributed by atoms with Crippen LogP contribution in [0.2, 0.25) is 0 Å². The number of aliphatic carboxylic acids is 1. The van der Waals surface area contributed by atoms with E-state index in [0.717, 1.165) is 9.37 Å². The zero-order chi connectivity index (χ0) is 17.3. The number of carboxylic acids is 1. The van der Waals surface area contributed by atoms with Crippen LogP contribution < -0.4 is 0 Å². The van der Waals surface area contributed by atoms with Crippen molar-refractivity contribution in [2.45, 2.75) is 42.4 Å². The molecule has 0 bridgehead atoms. The van der Waals surface area contributed by atoms with Crippen molar-refractivity contribution < 1.29 is 19.4 Å². The molecule has 1 aliphatic rings. The van der Waals surface area contributed by atoms with Gasteiger partial charge in [-0.05, 0) is 45.0 Å². The summed E-state index contributed by atoms with van der Waals surface area (Å²) in [5, 5.41) is 9.19. The zero-order valence-corrected chi connectivity index (χ0v) is 15.7. The van der Waals surface area contributed by atoms with Gasteiger partial charge in [-0.3, -0.25) is 4.79 Å². The minimum atomic E-state index is -0.863. The molecule has 5 nitrogen and oxygen atoms in total. The van der Waals surface area contributed by atoms with Crippen molar-refractivity contribution in [3.05, 3.63) is 28.7 Å². The maximum absolute atomic E-state index is 12.1. The van der Waals surface area contributed by atoms with Gasteiger partial charge in [0, 0.05) is 22.5 Å². The molecule has 23 heavy (non-hydrogen) atoms. The predicted molar refractivity (Wildman–Crippen MR) is 92.8 cm³/mol. The Morgan fingerprint density at radius 1 is 1.30 bits per heavy atom. The van der Waals surface area contributed by atoms with Gasteiger partial charge in [-0.15, -0.1) is 11.8 Å². The molecule has 1 aliphatic heterocycles. The first-order chi connectivity index (χ1) is 10.6. The van der Waals surface area contributed by atoms with Crippen molar-refractivity contribution in [1.29, 1.82) is 0 Å². The smallest absolute Gasteiger partial charge is 0.410 e. The van der Waals surface area contributed by atoms with Gasteiger partial charge < -0.3 is 14.7 Å². The number of halogens is 1. The fraction of sp³-hybridized carbons (Fsp3) is 0.500. The van der Waals surface area contributed by atoms with Crippen LogP contribution >= 0.6 is 27.7 Å². The Morgan fingerprint density at radius 2 is 1.87 bits per heavy atom. The molecular formula is C16H20BrNO4S. The minimum Gasteiger partial charge on any atom is -0.481 e. The third-order valence-electron chi connectivity index (χ3n) is 3.23. The number of nitrogens with zero attached hydrogens (tertiary/aromatic N) is 1. The first kappa shape index (κ1) is 18.1. The average Bonchev–Trinajstić information content (AvgIpc) is 2.35. The molecule has 1 heterocycles. The summed E-state index contributed by atoms with van der Waals surface area (Å²) in [4.78, 5) is 25.8. The Labute approximate surface area is 148 Å². The average molecular weight is 402 g/mol. The van der Waals surface area contributed by atoms with E-state index in [1.165, 1.54) is 11.8 Å². The summed E-state index contributed by atoms with van der Waals surface area (Å²) in [6, 6.07) is 7.71. The highest BCUT2D eigenvalue weighted by Gasteiger charge is 2.48. The van der Waals surface area contributed by atoms with Gasteiger partial charge in [0.15, 0.2) is 0 Å². The highest BCUT2D eigenvalue weighted by atomic mass is 79.9. The second-order valence-corrected chi connectivity index (χ2v) is 9.10. The molecular weight excluding hydrogens is 382 g/mol. The molecule has 0 aromatic heterocycles. The topological polar surface area (TPSA) is 66.8 Å². The second kappa shape index (κ2) is 6.73. The Bertz CT molecular complexity index is 591. The lowest BCUT2D eigenvalue weighted by Gasteiger charge is -2.48. The number of carboxylic acid groups (broad SMARTS) is 1. The summed E-state index contributed by atoms with van der Waals surface area (Å²) in [6.07, 6.45) is -0.387. The van der Waals surface area contributed by atoms with Crippen molar-refractivity contribution in [2.75, 3.05) is 13.1 Å². The van der Waals surface area contributed by atoms with Gasteiger partial charge in [-0.2, -0.15) is 0 Å². The lowest BCUT2D eigenvalue weighted by atomic mass is 9.95. The number of ether oxygens (including phenoxy) is 1. The molecule has 7 heteroatoms. The van der Waals surface area contributed by atoms with Crippen molar-refractivity contribution >= 4 is 39.8 Å². The van der Waals surface area contributed by atoms with E-state index in [9.17, 15) is 14.7 Å². The quantitative estimate of drug-likeness (QED) is 0.825. The molecule has 1 N–H and O–H groups in total. The highest BCUT2D eigenvalue weighted by Crippen LogP contribution is 2.43. The number of hydrogen-bond donors (Lipinski definition) is 1. The lowest BCUT2D eigenvalue weighted by Crippen LogP contribution is -2.62. The maximum Gasteiger partial charge on any atom is 0.410 e. The Hall–Kier alpha value is -1.21. The van der Waals surface area contributed by atoms with E-state index in [2.05, 4.69) is 15.9 Å². The van der Waals surface area contributed by atoms with Crippen LogP contribution in [0.25, 0.3) is 0 Å². The molecule has 0 aliphatic carbocycles. The van der Waals surface area contributed by atoms with Crippen LogP contribution in [0.15, 0.2) is 33.6 Å². The van der Waals surface area contributed by atoms with Gasteiger partial charge >= 0.3 is 12.1 Å². The summed E-state index contributed by atoms with van der Waals surface area (Å²) in [5.41, 5.74) is -0.555. The van der Waals surface area contributed by atoms with E-state index >= 15 is 0 Å². The molecule has 0 radical (unpaired) electrons. The van der Waals surface area contributed by atoms with E-state index < -0.39 is 22.4 Å². The van der Waals surface area contributed by atoms with Gasteiger partial charge in [0.1, 0.15) is 5.60 Å². The predicted octanol–water partition coefficient (Wildman–Crippen LogP) is 4.01. The molecule has 126 valence electrons. The Kier molecular flexibility index (Phi) is 5.30. The number of likely N-dealkylation sites (tertiary alicyclic amines) is 1. The van der Waals surface area contributed by atoms with Crippen molar-refractivity contribution in [3.63, 3.8) is 0 Å². The van der Waals surface area contributed by atoms with Crippen molar-refractivity contribution in [2.24, 2.45) is 0 Å². The monoisotopic (exact) mass is 401 g/mol. The number of thioether (sulfide) groups is 1. The zero-order valence-electron chi connectivity index (χ0n) is 13.3. The van der Waals surface area contributed by atoms with Crippen LogP contribution in [-0.2, 0) is 9.53 Å². The third kappa shape index (κ3) is 5.14.